The van der Waals surface area contributed by atoms with Gasteiger partial charge < -0.3 is 10.1 Å². The van der Waals surface area contributed by atoms with Gasteiger partial charge in [0.2, 0.25) is 10.0 Å². The van der Waals surface area contributed by atoms with Crippen LogP contribution in [0.15, 0.2) is 51.8 Å². The molecule has 2 aromatic carbocycles. The number of sulfonamides is 1. The third-order valence-corrected chi connectivity index (χ3v) is 5.04. The van der Waals surface area contributed by atoms with Crippen molar-refractivity contribution in [3.63, 3.8) is 0 Å². The fourth-order valence-corrected chi connectivity index (χ4v) is 3.06. The Morgan fingerprint density at radius 3 is 2.58 bits per heavy atom. The van der Waals surface area contributed by atoms with Crippen molar-refractivity contribution in [2.75, 3.05) is 11.9 Å². The van der Waals surface area contributed by atoms with Crippen molar-refractivity contribution in [3.8, 4) is 0 Å². The molecule has 0 radical (unpaired) electrons. The van der Waals surface area contributed by atoms with Gasteiger partial charge in [-0.25, -0.2) is 18.4 Å². The number of halogens is 1. The maximum absolute atomic E-state index is 12.1. The molecule has 2 aromatic rings. The highest BCUT2D eigenvalue weighted by Gasteiger charge is 2.17. The minimum atomic E-state index is -3.96. The van der Waals surface area contributed by atoms with Gasteiger partial charge in [0.1, 0.15) is 0 Å². The number of hydrogen-bond acceptors (Lipinski definition) is 5. The molecule has 0 aliphatic heterocycles. The van der Waals surface area contributed by atoms with Crippen LogP contribution in [0.3, 0.4) is 0 Å². The van der Waals surface area contributed by atoms with E-state index >= 15 is 0 Å². The highest BCUT2D eigenvalue weighted by molar-refractivity contribution is 9.10. The fraction of sp³-hybridized carbons (Fsp3) is 0.176. The number of primary sulfonamides is 1. The molecule has 0 saturated carbocycles. The SMILES string of the molecule is CCc1cccc(NC(=O)COC(=O)c2cc(S(N)(=O)=O)ccc2Br)c1. The van der Waals surface area contributed by atoms with Crippen molar-refractivity contribution >= 4 is 43.5 Å². The summed E-state index contributed by atoms with van der Waals surface area (Å²) in [5, 5.41) is 7.68. The van der Waals surface area contributed by atoms with Crippen molar-refractivity contribution < 1.29 is 22.7 Å². The average molecular weight is 441 g/mol. The average Bonchev–Trinajstić information content (AvgIpc) is 2.59. The second-order valence-corrected chi connectivity index (χ2v) is 7.78. The molecule has 1 amide bonds. The Morgan fingerprint density at radius 1 is 1.19 bits per heavy atom. The number of aryl methyl sites for hydroxylation is 1. The molecule has 138 valence electrons. The van der Waals surface area contributed by atoms with Crippen LogP contribution < -0.4 is 10.5 Å². The lowest BCUT2D eigenvalue weighted by molar-refractivity contribution is -0.119. The maximum Gasteiger partial charge on any atom is 0.339 e. The van der Waals surface area contributed by atoms with Crippen LogP contribution in [0.4, 0.5) is 5.69 Å². The number of anilines is 1. The number of nitrogens with one attached hydrogen (secondary N) is 1. The van der Waals surface area contributed by atoms with E-state index in [1.165, 1.54) is 12.1 Å². The summed E-state index contributed by atoms with van der Waals surface area (Å²) in [7, 11) is -3.96. The fourth-order valence-electron chi connectivity index (χ4n) is 2.11. The first-order chi connectivity index (χ1) is 12.2. The number of carbonyl (C=O) groups excluding carboxylic acids is 2. The summed E-state index contributed by atoms with van der Waals surface area (Å²) in [4.78, 5) is 23.8. The summed E-state index contributed by atoms with van der Waals surface area (Å²) >= 11 is 3.14. The van der Waals surface area contributed by atoms with Crippen molar-refractivity contribution in [2.45, 2.75) is 18.2 Å². The lowest BCUT2D eigenvalue weighted by Gasteiger charge is -2.09. The van der Waals surface area contributed by atoms with E-state index in [4.69, 9.17) is 9.88 Å². The highest BCUT2D eigenvalue weighted by atomic mass is 79.9. The molecule has 0 aromatic heterocycles. The molecule has 0 bridgehead atoms. The van der Waals surface area contributed by atoms with Gasteiger partial charge in [-0.15, -0.1) is 0 Å². The Hall–Kier alpha value is -2.23. The minimum Gasteiger partial charge on any atom is -0.452 e. The molecule has 0 atom stereocenters. The monoisotopic (exact) mass is 440 g/mol. The van der Waals surface area contributed by atoms with Crippen LogP contribution in [0.25, 0.3) is 0 Å². The largest absolute Gasteiger partial charge is 0.452 e. The van der Waals surface area contributed by atoms with Gasteiger partial charge in [-0.2, -0.15) is 0 Å². The zero-order chi connectivity index (χ0) is 19.3. The highest BCUT2D eigenvalue weighted by Crippen LogP contribution is 2.21. The number of rotatable bonds is 6. The zero-order valence-electron chi connectivity index (χ0n) is 13.9. The summed E-state index contributed by atoms with van der Waals surface area (Å²) in [5.41, 5.74) is 1.61. The van der Waals surface area contributed by atoms with Gasteiger partial charge in [-0.05, 0) is 58.2 Å². The molecule has 0 aliphatic carbocycles. The van der Waals surface area contributed by atoms with E-state index in [1.807, 2.05) is 25.1 Å². The van der Waals surface area contributed by atoms with Crippen LogP contribution in [0.2, 0.25) is 0 Å². The number of hydrogen-bond donors (Lipinski definition) is 2. The number of esters is 1. The Bertz CT molecular complexity index is 944. The van der Waals surface area contributed by atoms with Gasteiger partial charge in [-0.3, -0.25) is 4.79 Å². The van der Waals surface area contributed by atoms with Gasteiger partial charge in [-0.1, -0.05) is 19.1 Å². The summed E-state index contributed by atoms with van der Waals surface area (Å²) in [6.45, 7) is 1.48. The third kappa shape index (κ3) is 5.38. The molecule has 0 fully saturated rings. The summed E-state index contributed by atoms with van der Waals surface area (Å²) in [5.74, 6) is -1.36. The second-order valence-electron chi connectivity index (χ2n) is 5.36. The number of nitrogens with two attached hydrogens (primary N) is 1. The molecule has 0 aliphatic rings. The lowest BCUT2D eigenvalue weighted by Crippen LogP contribution is -2.21. The Balaban J connectivity index is 2.03. The molecule has 2 rings (SSSR count). The molecule has 9 heteroatoms. The van der Waals surface area contributed by atoms with E-state index in [-0.39, 0.29) is 10.5 Å². The topological polar surface area (TPSA) is 116 Å². The van der Waals surface area contributed by atoms with Crippen LogP contribution >= 0.6 is 15.9 Å². The molecule has 3 N–H and O–H groups in total. The van der Waals surface area contributed by atoms with E-state index in [1.54, 1.807) is 6.07 Å². The maximum atomic E-state index is 12.1. The Morgan fingerprint density at radius 2 is 1.92 bits per heavy atom. The molecule has 7 nitrogen and oxygen atoms in total. The predicted octanol–water partition coefficient (Wildman–Crippen LogP) is 2.45. The van der Waals surface area contributed by atoms with Gasteiger partial charge in [0.15, 0.2) is 6.61 Å². The normalized spacial score (nSPS) is 11.0. The first-order valence-electron chi connectivity index (χ1n) is 7.59. The molecule has 0 spiro atoms. The van der Waals surface area contributed by atoms with Crippen LogP contribution in [-0.2, 0) is 26.0 Å². The van der Waals surface area contributed by atoms with Crippen molar-refractivity contribution in [1.82, 2.24) is 0 Å². The molecule has 0 unspecified atom stereocenters. The Labute approximate surface area is 159 Å². The number of ether oxygens (including phenoxy) is 1. The van der Waals surface area contributed by atoms with Crippen LogP contribution in [0.1, 0.15) is 22.8 Å². The summed E-state index contributed by atoms with van der Waals surface area (Å²) in [6, 6.07) is 11.0. The van der Waals surface area contributed by atoms with E-state index in [0.717, 1.165) is 18.1 Å². The van der Waals surface area contributed by atoms with Crippen LogP contribution in [0, 0.1) is 0 Å². The molecule has 0 saturated heterocycles. The van der Waals surface area contributed by atoms with Gasteiger partial charge in [0.25, 0.3) is 5.91 Å². The van der Waals surface area contributed by atoms with Crippen molar-refractivity contribution in [1.29, 1.82) is 0 Å². The van der Waals surface area contributed by atoms with Gasteiger partial charge in [0.05, 0.1) is 10.5 Å². The van der Waals surface area contributed by atoms with Gasteiger partial charge in [0, 0.05) is 10.2 Å². The van der Waals surface area contributed by atoms with E-state index in [9.17, 15) is 18.0 Å². The predicted molar refractivity (Wildman–Crippen MR) is 100 cm³/mol. The number of amides is 1. The van der Waals surface area contributed by atoms with Crippen molar-refractivity contribution in [3.05, 3.63) is 58.1 Å². The first-order valence-corrected chi connectivity index (χ1v) is 9.93. The van der Waals surface area contributed by atoms with Crippen LogP contribution in [0.5, 0.6) is 0 Å². The Kier molecular flexibility index (Phi) is 6.52. The molecular weight excluding hydrogens is 424 g/mol. The molecular formula is C17H17BrN2O5S. The van der Waals surface area contributed by atoms with E-state index < -0.39 is 28.5 Å². The number of benzene rings is 2. The quantitative estimate of drug-likeness (QED) is 0.669. The van der Waals surface area contributed by atoms with E-state index in [2.05, 4.69) is 21.2 Å². The first kappa shape index (κ1) is 20.1. The third-order valence-electron chi connectivity index (χ3n) is 3.44. The second kappa shape index (κ2) is 8.43. The lowest BCUT2D eigenvalue weighted by atomic mass is 10.1. The smallest absolute Gasteiger partial charge is 0.339 e. The standard InChI is InChI=1S/C17H17BrN2O5S/c1-2-11-4-3-5-12(8-11)20-16(21)10-25-17(22)14-9-13(26(19,23)24)6-7-15(14)18/h3-9H,2,10H2,1H3,(H,20,21)(H2,19,23,24). The molecule has 0 heterocycles. The zero-order valence-corrected chi connectivity index (χ0v) is 16.3. The van der Waals surface area contributed by atoms with Crippen molar-refractivity contribution in [2.24, 2.45) is 5.14 Å². The number of carbonyl (C=O) groups is 2. The summed E-state index contributed by atoms with van der Waals surface area (Å²) in [6.07, 6.45) is 0.827. The van der Waals surface area contributed by atoms with Crippen LogP contribution in [-0.4, -0.2) is 26.9 Å². The minimum absolute atomic E-state index is 0.0442. The summed E-state index contributed by atoms with van der Waals surface area (Å²) < 4.78 is 28.0. The molecule has 26 heavy (non-hydrogen) atoms. The van der Waals surface area contributed by atoms with Gasteiger partial charge >= 0.3 is 5.97 Å². The van der Waals surface area contributed by atoms with E-state index in [0.29, 0.717) is 10.2 Å².